The highest BCUT2D eigenvalue weighted by molar-refractivity contribution is 8.93. The number of imidazole rings is 1. The van der Waals surface area contributed by atoms with Gasteiger partial charge in [-0.3, -0.25) is 0 Å². The minimum absolute atomic E-state index is 0. The number of aromatic amines is 1. The van der Waals surface area contributed by atoms with Crippen LogP contribution in [0.3, 0.4) is 0 Å². The van der Waals surface area contributed by atoms with Gasteiger partial charge in [0.15, 0.2) is 0 Å². The third kappa shape index (κ3) is 3.40. The highest BCUT2D eigenvalue weighted by Gasteiger charge is 2.16. The largest absolute Gasteiger partial charge is 0.348 e. The summed E-state index contributed by atoms with van der Waals surface area (Å²) >= 11 is 0. The Morgan fingerprint density at radius 3 is 2.46 bits per heavy atom. The second kappa shape index (κ2) is 6.56. The summed E-state index contributed by atoms with van der Waals surface area (Å²) < 4.78 is 0. The van der Waals surface area contributed by atoms with E-state index in [9.17, 15) is 0 Å². The fraction of sp³-hybridized carbons (Fsp3) is 0.625. The molecule has 0 unspecified atom stereocenters. The average molecular weight is 313 g/mol. The zero-order valence-electron chi connectivity index (χ0n) is 7.32. The maximum atomic E-state index is 4.26. The molecule has 0 bridgehead atoms. The molecule has 0 amide bonds. The summed E-state index contributed by atoms with van der Waals surface area (Å²) in [5.74, 6) is 1.82. The van der Waals surface area contributed by atoms with Crippen molar-refractivity contribution in [1.29, 1.82) is 0 Å². The quantitative estimate of drug-likeness (QED) is 0.833. The van der Waals surface area contributed by atoms with Crippen LogP contribution in [0.5, 0.6) is 0 Å². The topological polar surface area (TPSA) is 40.7 Å². The first-order valence-electron chi connectivity index (χ1n) is 4.17. The van der Waals surface area contributed by atoms with Gasteiger partial charge in [-0.1, -0.05) is 0 Å². The Hall–Kier alpha value is 0.130. The van der Waals surface area contributed by atoms with Gasteiger partial charge in [-0.15, -0.1) is 34.0 Å². The zero-order valence-corrected chi connectivity index (χ0v) is 10.8. The van der Waals surface area contributed by atoms with Crippen molar-refractivity contribution in [3.05, 3.63) is 18.2 Å². The van der Waals surface area contributed by atoms with Crippen LogP contribution in [0.1, 0.15) is 24.6 Å². The average Bonchev–Trinajstić information content (AvgIpc) is 2.58. The highest BCUT2D eigenvalue weighted by atomic mass is 79.9. The van der Waals surface area contributed by atoms with E-state index >= 15 is 0 Å². The van der Waals surface area contributed by atoms with Crippen molar-refractivity contribution in [1.82, 2.24) is 15.3 Å². The molecule has 0 aromatic carbocycles. The van der Waals surface area contributed by atoms with E-state index in [0.29, 0.717) is 5.92 Å². The molecule has 1 saturated heterocycles. The zero-order chi connectivity index (χ0) is 7.52. The summed E-state index contributed by atoms with van der Waals surface area (Å²) in [6.07, 6.45) is 6.16. The number of halogens is 2. The fourth-order valence-electron chi connectivity index (χ4n) is 1.60. The normalized spacial score (nSPS) is 17.2. The lowest BCUT2D eigenvalue weighted by molar-refractivity contribution is 0.447. The molecule has 1 aliphatic heterocycles. The Morgan fingerprint density at radius 2 is 1.92 bits per heavy atom. The van der Waals surface area contributed by atoms with Gasteiger partial charge in [0.2, 0.25) is 0 Å². The molecule has 2 N–H and O–H groups in total. The van der Waals surface area contributed by atoms with Gasteiger partial charge < -0.3 is 10.3 Å². The van der Waals surface area contributed by atoms with Crippen molar-refractivity contribution in [3.8, 4) is 0 Å². The number of hydrogen-bond acceptors (Lipinski definition) is 2. The third-order valence-corrected chi connectivity index (χ3v) is 2.25. The molecule has 1 aromatic rings. The van der Waals surface area contributed by atoms with Gasteiger partial charge in [-0.05, 0) is 25.9 Å². The molecule has 0 atom stereocenters. The van der Waals surface area contributed by atoms with Crippen LogP contribution in [0.25, 0.3) is 0 Å². The van der Waals surface area contributed by atoms with Crippen molar-refractivity contribution < 1.29 is 0 Å². The first-order valence-corrected chi connectivity index (χ1v) is 4.17. The molecular weight excluding hydrogens is 298 g/mol. The van der Waals surface area contributed by atoms with Crippen LogP contribution in [0.4, 0.5) is 0 Å². The van der Waals surface area contributed by atoms with Gasteiger partial charge in [0.05, 0.1) is 0 Å². The van der Waals surface area contributed by atoms with E-state index in [1.165, 1.54) is 12.8 Å². The molecule has 5 heteroatoms. The molecular formula is C8H15Br2N3. The van der Waals surface area contributed by atoms with Gasteiger partial charge in [-0.25, -0.2) is 4.98 Å². The summed E-state index contributed by atoms with van der Waals surface area (Å²) in [4.78, 5) is 7.42. The van der Waals surface area contributed by atoms with E-state index in [4.69, 9.17) is 0 Å². The second-order valence-corrected chi connectivity index (χ2v) is 3.00. The molecule has 13 heavy (non-hydrogen) atoms. The number of rotatable bonds is 1. The molecule has 1 fully saturated rings. The molecule has 0 radical (unpaired) electrons. The van der Waals surface area contributed by atoms with Crippen LogP contribution in [0.2, 0.25) is 0 Å². The molecule has 0 spiro atoms. The van der Waals surface area contributed by atoms with Crippen molar-refractivity contribution in [2.45, 2.75) is 18.8 Å². The van der Waals surface area contributed by atoms with Crippen LogP contribution in [0.15, 0.2) is 12.4 Å². The summed E-state index contributed by atoms with van der Waals surface area (Å²) in [6, 6.07) is 0. The van der Waals surface area contributed by atoms with Crippen molar-refractivity contribution in [3.63, 3.8) is 0 Å². The molecule has 3 nitrogen and oxygen atoms in total. The highest BCUT2D eigenvalue weighted by Crippen LogP contribution is 2.20. The first-order chi connectivity index (χ1) is 5.47. The minimum atomic E-state index is 0. The number of H-pyrrole nitrogens is 1. The van der Waals surface area contributed by atoms with Gasteiger partial charge >= 0.3 is 0 Å². The fourth-order valence-corrected chi connectivity index (χ4v) is 1.60. The number of piperidine rings is 1. The van der Waals surface area contributed by atoms with E-state index in [1.54, 1.807) is 0 Å². The molecule has 0 aliphatic carbocycles. The van der Waals surface area contributed by atoms with Crippen molar-refractivity contribution >= 4 is 34.0 Å². The van der Waals surface area contributed by atoms with E-state index in [2.05, 4.69) is 15.3 Å². The predicted molar refractivity (Wildman–Crippen MR) is 64.1 cm³/mol. The molecule has 2 heterocycles. The van der Waals surface area contributed by atoms with E-state index in [-0.39, 0.29) is 34.0 Å². The first kappa shape index (κ1) is 13.1. The molecule has 1 aliphatic rings. The monoisotopic (exact) mass is 311 g/mol. The van der Waals surface area contributed by atoms with Crippen molar-refractivity contribution in [2.24, 2.45) is 0 Å². The van der Waals surface area contributed by atoms with Crippen LogP contribution in [0, 0.1) is 0 Å². The maximum absolute atomic E-state index is 4.26. The van der Waals surface area contributed by atoms with Crippen LogP contribution in [-0.2, 0) is 0 Å². The second-order valence-electron chi connectivity index (χ2n) is 3.00. The van der Waals surface area contributed by atoms with Gasteiger partial charge in [-0.2, -0.15) is 0 Å². The van der Waals surface area contributed by atoms with Crippen molar-refractivity contribution in [2.75, 3.05) is 13.1 Å². The summed E-state index contributed by atoms with van der Waals surface area (Å²) in [6.45, 7) is 2.26. The Bertz CT molecular complexity index is 207. The number of nitrogens with one attached hydrogen (secondary N) is 2. The Balaban J connectivity index is 0.000000720. The van der Waals surface area contributed by atoms with E-state index in [0.717, 1.165) is 18.9 Å². The Morgan fingerprint density at radius 1 is 1.23 bits per heavy atom. The van der Waals surface area contributed by atoms with Gasteiger partial charge in [0.1, 0.15) is 5.82 Å². The van der Waals surface area contributed by atoms with E-state index in [1.807, 2.05) is 12.4 Å². The summed E-state index contributed by atoms with van der Waals surface area (Å²) in [7, 11) is 0. The standard InChI is InChI=1S/C8H13N3.2BrH/c1-3-9-4-2-7(1)8-10-5-6-11-8;;/h5-7,9H,1-4H2,(H,10,11);2*1H. The number of nitrogens with zero attached hydrogens (tertiary/aromatic N) is 1. The van der Waals surface area contributed by atoms with Crippen LogP contribution in [-0.4, -0.2) is 23.1 Å². The van der Waals surface area contributed by atoms with Crippen LogP contribution < -0.4 is 5.32 Å². The SMILES string of the molecule is Br.Br.c1c[nH]c(C2CCNCC2)n1. The Kier molecular flexibility index (Phi) is 6.63. The molecule has 1 aromatic heterocycles. The Labute approximate surface area is 99.3 Å². The van der Waals surface area contributed by atoms with Crippen LogP contribution >= 0.6 is 34.0 Å². The number of hydrogen-bond donors (Lipinski definition) is 2. The summed E-state index contributed by atoms with van der Waals surface area (Å²) in [5, 5.41) is 3.33. The lowest BCUT2D eigenvalue weighted by Gasteiger charge is -2.20. The van der Waals surface area contributed by atoms with Gasteiger partial charge in [0.25, 0.3) is 0 Å². The van der Waals surface area contributed by atoms with Gasteiger partial charge in [0, 0.05) is 18.3 Å². The predicted octanol–water partition coefficient (Wildman–Crippen LogP) is 2.03. The molecule has 0 saturated carbocycles. The molecule has 76 valence electrons. The molecule has 2 rings (SSSR count). The lowest BCUT2D eigenvalue weighted by Crippen LogP contribution is -2.27. The summed E-state index contributed by atoms with van der Waals surface area (Å²) in [5.41, 5.74) is 0. The lowest BCUT2D eigenvalue weighted by atomic mass is 9.98. The number of aromatic nitrogens is 2. The maximum Gasteiger partial charge on any atom is 0.109 e. The van der Waals surface area contributed by atoms with E-state index < -0.39 is 0 Å². The smallest absolute Gasteiger partial charge is 0.109 e. The third-order valence-electron chi connectivity index (χ3n) is 2.25. The minimum Gasteiger partial charge on any atom is -0.348 e.